The van der Waals surface area contributed by atoms with E-state index < -0.39 is 0 Å². The van der Waals surface area contributed by atoms with Gasteiger partial charge >= 0.3 is 0 Å². The Kier molecular flexibility index (Phi) is 2.91. The number of pyridine rings is 1. The van der Waals surface area contributed by atoms with Crippen molar-refractivity contribution < 1.29 is 4.74 Å². The van der Waals surface area contributed by atoms with Crippen LogP contribution < -0.4 is 4.74 Å². The Hall–Kier alpha value is -2.36. The van der Waals surface area contributed by atoms with Crippen LogP contribution in [-0.2, 0) is 0 Å². The number of ether oxygens (including phenoxy) is 1. The summed E-state index contributed by atoms with van der Waals surface area (Å²) < 4.78 is 5.38. The van der Waals surface area contributed by atoms with Crippen molar-refractivity contribution in [2.45, 2.75) is 13.8 Å². The van der Waals surface area contributed by atoms with Crippen molar-refractivity contribution in [2.24, 2.45) is 0 Å². The number of nitrogens with zero attached hydrogens (tertiary/aromatic N) is 2. The first kappa shape index (κ1) is 11.7. The van der Waals surface area contributed by atoms with Gasteiger partial charge in [0.05, 0.1) is 12.1 Å². The molecule has 0 unspecified atom stereocenters. The minimum atomic E-state index is 0.605. The molecular weight excluding hydrogens is 238 g/mol. The summed E-state index contributed by atoms with van der Waals surface area (Å²) in [6.07, 6.45) is 0. The van der Waals surface area contributed by atoms with Crippen molar-refractivity contribution >= 4 is 11.2 Å². The summed E-state index contributed by atoms with van der Waals surface area (Å²) in [6.45, 7) is 4.61. The van der Waals surface area contributed by atoms with E-state index in [2.05, 4.69) is 46.1 Å². The fourth-order valence-corrected chi connectivity index (χ4v) is 1.95. The van der Waals surface area contributed by atoms with E-state index in [1.165, 1.54) is 5.56 Å². The molecule has 2 aromatic heterocycles. The van der Waals surface area contributed by atoms with Gasteiger partial charge in [-0.05, 0) is 19.9 Å². The van der Waals surface area contributed by atoms with E-state index in [1.807, 2.05) is 19.1 Å². The number of nitrogens with one attached hydrogen (secondary N) is 1. The Morgan fingerprint density at radius 3 is 2.58 bits per heavy atom. The number of benzene rings is 1. The zero-order chi connectivity index (χ0) is 13.2. The van der Waals surface area contributed by atoms with Gasteiger partial charge in [-0.15, -0.1) is 0 Å². The molecule has 3 aromatic rings. The first-order chi connectivity index (χ1) is 9.26. The standard InChI is InChI=1S/C15H15N3O/c1-3-19-13-9-8-12-15(17-13)18-14(16-12)11-6-4-10(2)5-7-11/h4-9H,3H2,1-2H3,(H,16,17,18). The predicted molar refractivity (Wildman–Crippen MR) is 75.2 cm³/mol. The van der Waals surface area contributed by atoms with Gasteiger partial charge in [0.15, 0.2) is 5.65 Å². The van der Waals surface area contributed by atoms with Crippen molar-refractivity contribution in [1.29, 1.82) is 0 Å². The average molecular weight is 253 g/mol. The van der Waals surface area contributed by atoms with Crippen LogP contribution in [0.2, 0.25) is 0 Å². The van der Waals surface area contributed by atoms with Crippen LogP contribution in [0.25, 0.3) is 22.6 Å². The maximum absolute atomic E-state index is 5.38. The van der Waals surface area contributed by atoms with Gasteiger partial charge in [-0.1, -0.05) is 29.8 Å². The van der Waals surface area contributed by atoms with E-state index in [0.29, 0.717) is 18.1 Å². The second-order valence-electron chi connectivity index (χ2n) is 4.41. The molecule has 2 heterocycles. The molecule has 1 N–H and O–H groups in total. The van der Waals surface area contributed by atoms with Gasteiger partial charge in [0.1, 0.15) is 5.82 Å². The van der Waals surface area contributed by atoms with Crippen LogP contribution in [0.1, 0.15) is 12.5 Å². The van der Waals surface area contributed by atoms with Crippen molar-refractivity contribution in [2.75, 3.05) is 6.61 Å². The van der Waals surface area contributed by atoms with Gasteiger partial charge in [0, 0.05) is 11.6 Å². The lowest BCUT2D eigenvalue weighted by molar-refractivity contribution is 0.328. The Morgan fingerprint density at radius 2 is 1.84 bits per heavy atom. The van der Waals surface area contributed by atoms with Crippen LogP contribution in [0.3, 0.4) is 0 Å². The maximum atomic E-state index is 5.38. The van der Waals surface area contributed by atoms with E-state index in [-0.39, 0.29) is 0 Å². The molecule has 0 saturated carbocycles. The number of imidazole rings is 1. The predicted octanol–water partition coefficient (Wildman–Crippen LogP) is 3.33. The quantitative estimate of drug-likeness (QED) is 0.779. The molecule has 0 bridgehead atoms. The fraction of sp³-hybridized carbons (Fsp3) is 0.200. The third-order valence-corrected chi connectivity index (χ3v) is 2.94. The molecule has 0 aliphatic carbocycles. The molecule has 0 atom stereocenters. The third kappa shape index (κ3) is 2.29. The number of fused-ring (bicyclic) bond motifs is 1. The Bertz CT molecular complexity index is 701. The second-order valence-corrected chi connectivity index (χ2v) is 4.41. The fourth-order valence-electron chi connectivity index (χ4n) is 1.95. The van der Waals surface area contributed by atoms with Crippen LogP contribution in [-0.4, -0.2) is 21.6 Å². The first-order valence-corrected chi connectivity index (χ1v) is 6.33. The zero-order valence-electron chi connectivity index (χ0n) is 11.0. The molecule has 4 nitrogen and oxygen atoms in total. The monoisotopic (exact) mass is 253 g/mol. The van der Waals surface area contributed by atoms with E-state index in [1.54, 1.807) is 0 Å². The van der Waals surface area contributed by atoms with Crippen LogP contribution in [0, 0.1) is 6.92 Å². The number of aromatic nitrogens is 3. The largest absolute Gasteiger partial charge is 0.478 e. The summed E-state index contributed by atoms with van der Waals surface area (Å²) in [7, 11) is 0. The molecule has 0 radical (unpaired) electrons. The molecule has 0 aliphatic heterocycles. The van der Waals surface area contributed by atoms with Crippen LogP contribution in [0.15, 0.2) is 36.4 Å². The number of H-pyrrole nitrogens is 1. The van der Waals surface area contributed by atoms with Crippen molar-refractivity contribution in [1.82, 2.24) is 15.0 Å². The Labute approximate surface area is 111 Å². The first-order valence-electron chi connectivity index (χ1n) is 6.33. The van der Waals surface area contributed by atoms with Gasteiger partial charge < -0.3 is 9.72 Å². The number of aryl methyl sites for hydroxylation is 1. The Balaban J connectivity index is 2.03. The number of aromatic amines is 1. The lowest BCUT2D eigenvalue weighted by Crippen LogP contribution is -1.93. The SMILES string of the molecule is CCOc1ccc2[nH]c(-c3ccc(C)cc3)nc2n1. The van der Waals surface area contributed by atoms with Crippen molar-refractivity contribution in [3.05, 3.63) is 42.0 Å². The van der Waals surface area contributed by atoms with Crippen molar-refractivity contribution in [3.63, 3.8) is 0 Å². The molecule has 0 amide bonds. The molecular formula is C15H15N3O. The van der Waals surface area contributed by atoms with E-state index in [4.69, 9.17) is 4.74 Å². The molecule has 0 spiro atoms. The number of hydrogen-bond acceptors (Lipinski definition) is 3. The normalized spacial score (nSPS) is 10.8. The zero-order valence-corrected chi connectivity index (χ0v) is 11.0. The van der Waals surface area contributed by atoms with E-state index in [9.17, 15) is 0 Å². The van der Waals surface area contributed by atoms with Gasteiger partial charge in [-0.2, -0.15) is 4.98 Å². The van der Waals surface area contributed by atoms with Crippen LogP contribution >= 0.6 is 0 Å². The molecule has 0 aliphatic rings. The molecule has 1 aromatic carbocycles. The van der Waals surface area contributed by atoms with E-state index in [0.717, 1.165) is 16.9 Å². The van der Waals surface area contributed by atoms with Crippen molar-refractivity contribution in [3.8, 4) is 17.3 Å². The summed E-state index contributed by atoms with van der Waals surface area (Å²) >= 11 is 0. The minimum absolute atomic E-state index is 0.605. The average Bonchev–Trinajstić information content (AvgIpc) is 2.83. The third-order valence-electron chi connectivity index (χ3n) is 2.94. The summed E-state index contributed by atoms with van der Waals surface area (Å²) in [6, 6.07) is 12.0. The highest BCUT2D eigenvalue weighted by molar-refractivity contribution is 5.76. The second kappa shape index (κ2) is 4.72. The number of hydrogen-bond donors (Lipinski definition) is 1. The summed E-state index contributed by atoms with van der Waals surface area (Å²) in [5.74, 6) is 1.44. The number of rotatable bonds is 3. The molecule has 0 fully saturated rings. The highest BCUT2D eigenvalue weighted by Gasteiger charge is 2.07. The van der Waals surface area contributed by atoms with Gasteiger partial charge in [0.2, 0.25) is 5.88 Å². The van der Waals surface area contributed by atoms with Crippen LogP contribution in [0.4, 0.5) is 0 Å². The van der Waals surface area contributed by atoms with Gasteiger partial charge in [-0.25, -0.2) is 4.98 Å². The van der Waals surface area contributed by atoms with Crippen LogP contribution in [0.5, 0.6) is 5.88 Å². The lowest BCUT2D eigenvalue weighted by Gasteiger charge is -1.99. The summed E-state index contributed by atoms with van der Waals surface area (Å²) in [5.41, 5.74) is 3.89. The molecule has 96 valence electrons. The molecule has 19 heavy (non-hydrogen) atoms. The minimum Gasteiger partial charge on any atom is -0.478 e. The topological polar surface area (TPSA) is 50.8 Å². The molecule has 3 rings (SSSR count). The van der Waals surface area contributed by atoms with E-state index >= 15 is 0 Å². The Morgan fingerprint density at radius 1 is 1.05 bits per heavy atom. The van der Waals surface area contributed by atoms with Gasteiger partial charge in [0.25, 0.3) is 0 Å². The molecule has 0 saturated heterocycles. The van der Waals surface area contributed by atoms with Gasteiger partial charge in [-0.3, -0.25) is 0 Å². The maximum Gasteiger partial charge on any atom is 0.215 e. The summed E-state index contributed by atoms with van der Waals surface area (Å²) in [4.78, 5) is 12.1. The lowest BCUT2D eigenvalue weighted by atomic mass is 10.1. The summed E-state index contributed by atoms with van der Waals surface area (Å²) in [5, 5.41) is 0. The highest BCUT2D eigenvalue weighted by Crippen LogP contribution is 2.21. The smallest absolute Gasteiger partial charge is 0.215 e. The highest BCUT2D eigenvalue weighted by atomic mass is 16.5. The molecule has 4 heteroatoms.